The number of rotatable bonds is 4. The second-order valence-electron chi connectivity index (χ2n) is 5.95. The number of aliphatic carboxylic acids is 1. The number of carbonyl (C=O) groups is 1. The van der Waals surface area contributed by atoms with Crippen LogP contribution in [0.1, 0.15) is 30.5 Å². The Labute approximate surface area is 137 Å². The minimum atomic E-state index is -0.923. The lowest BCUT2D eigenvalue weighted by molar-refractivity contribution is -0.131. The Hall–Kier alpha value is -2.61. The normalized spacial score (nSPS) is 13.0. The fraction of sp³-hybridized carbons (Fsp3) is 0.190. The van der Waals surface area contributed by atoms with Crippen LogP contribution in [0.4, 0.5) is 0 Å². The van der Waals surface area contributed by atoms with Gasteiger partial charge in [0.05, 0.1) is 0 Å². The molecular weight excluding hydrogens is 284 g/mol. The van der Waals surface area contributed by atoms with E-state index in [9.17, 15) is 4.79 Å². The van der Waals surface area contributed by atoms with Crippen LogP contribution in [-0.2, 0) is 4.79 Å². The highest BCUT2D eigenvalue weighted by molar-refractivity contribution is 5.88. The molecule has 0 radical (unpaired) electrons. The van der Waals surface area contributed by atoms with Gasteiger partial charge in [-0.15, -0.1) is 0 Å². The first-order valence-electron chi connectivity index (χ1n) is 7.64. The van der Waals surface area contributed by atoms with Crippen molar-refractivity contribution < 1.29 is 9.90 Å². The number of allylic oxidation sites excluding steroid dienone is 5. The van der Waals surface area contributed by atoms with Crippen molar-refractivity contribution in [3.05, 3.63) is 76.9 Å². The van der Waals surface area contributed by atoms with E-state index in [1.165, 1.54) is 33.5 Å². The van der Waals surface area contributed by atoms with Gasteiger partial charge in [-0.3, -0.25) is 0 Å². The van der Waals surface area contributed by atoms with Crippen LogP contribution in [0.15, 0.2) is 60.2 Å². The number of carboxylic acids is 1. The molecule has 2 nitrogen and oxygen atoms in total. The zero-order valence-corrected chi connectivity index (χ0v) is 14.1. The zero-order chi connectivity index (χ0) is 17.0. The number of aryl methyl sites for hydroxylation is 2. The minimum absolute atomic E-state index is 0.715. The largest absolute Gasteiger partial charge is 0.478 e. The second kappa shape index (κ2) is 7.10. The first kappa shape index (κ1) is 16.8. The molecule has 0 saturated heterocycles. The number of carboxylic acid groups (broad SMARTS) is 1. The highest BCUT2D eigenvalue weighted by Crippen LogP contribution is 2.26. The number of hydrogen-bond acceptors (Lipinski definition) is 1. The van der Waals surface area contributed by atoms with Crippen LogP contribution in [0, 0.1) is 13.8 Å². The van der Waals surface area contributed by atoms with E-state index in [2.05, 4.69) is 51.1 Å². The van der Waals surface area contributed by atoms with Crippen molar-refractivity contribution >= 4 is 22.3 Å². The Bertz CT molecular complexity index is 836. The molecule has 2 aromatic rings. The maximum absolute atomic E-state index is 10.6. The lowest BCUT2D eigenvalue weighted by atomic mass is 9.96. The summed E-state index contributed by atoms with van der Waals surface area (Å²) in [7, 11) is 0. The summed E-state index contributed by atoms with van der Waals surface area (Å²) in [5.41, 5.74) is 5.58. The zero-order valence-electron chi connectivity index (χ0n) is 14.1. The molecule has 0 aromatic heterocycles. The van der Waals surface area contributed by atoms with Gasteiger partial charge in [0, 0.05) is 6.08 Å². The average molecular weight is 306 g/mol. The van der Waals surface area contributed by atoms with E-state index in [1.54, 1.807) is 13.0 Å². The summed E-state index contributed by atoms with van der Waals surface area (Å²) in [4.78, 5) is 10.6. The molecule has 0 bridgehead atoms. The summed E-state index contributed by atoms with van der Waals surface area (Å²) >= 11 is 0. The summed E-state index contributed by atoms with van der Waals surface area (Å²) in [6, 6.07) is 10.9. The fourth-order valence-corrected chi connectivity index (χ4v) is 2.63. The van der Waals surface area contributed by atoms with E-state index in [4.69, 9.17) is 5.11 Å². The van der Waals surface area contributed by atoms with Crippen LogP contribution in [0.25, 0.3) is 16.3 Å². The summed E-state index contributed by atoms with van der Waals surface area (Å²) in [5.74, 6) is -0.923. The average Bonchev–Trinajstić information content (AvgIpc) is 2.46. The van der Waals surface area contributed by atoms with Gasteiger partial charge >= 0.3 is 5.97 Å². The highest BCUT2D eigenvalue weighted by Gasteiger charge is 2.03. The predicted octanol–water partition coefficient (Wildman–Crippen LogP) is 5.45. The van der Waals surface area contributed by atoms with Gasteiger partial charge in [-0.05, 0) is 66.8 Å². The maximum atomic E-state index is 10.6. The molecule has 0 spiro atoms. The van der Waals surface area contributed by atoms with Gasteiger partial charge in [-0.25, -0.2) is 4.79 Å². The molecule has 2 aromatic carbocycles. The van der Waals surface area contributed by atoms with Crippen molar-refractivity contribution in [1.82, 2.24) is 0 Å². The number of benzene rings is 2. The Morgan fingerprint density at radius 2 is 1.78 bits per heavy atom. The van der Waals surface area contributed by atoms with Crippen LogP contribution in [-0.4, -0.2) is 11.1 Å². The van der Waals surface area contributed by atoms with Crippen molar-refractivity contribution in [2.24, 2.45) is 0 Å². The Morgan fingerprint density at radius 3 is 2.48 bits per heavy atom. The van der Waals surface area contributed by atoms with Crippen LogP contribution < -0.4 is 0 Å². The van der Waals surface area contributed by atoms with Crippen LogP contribution in [0.3, 0.4) is 0 Å². The van der Waals surface area contributed by atoms with Gasteiger partial charge in [0.2, 0.25) is 0 Å². The molecule has 2 heteroatoms. The molecular formula is C21H22O2. The standard InChI is InChI=1S/C21H22O2/c1-14(11-21(22)23)6-5-7-16(3)20-13-19-10-15(2)8-9-18(19)12-17(20)4/h5-13H,1-4H3,(H,22,23)/b6-5+,14-11+,16-7+. The van der Waals surface area contributed by atoms with Crippen LogP contribution in [0.5, 0.6) is 0 Å². The Morgan fingerprint density at radius 1 is 1.04 bits per heavy atom. The molecule has 118 valence electrons. The summed E-state index contributed by atoms with van der Waals surface area (Å²) in [6.45, 7) is 8.07. The molecule has 0 fully saturated rings. The molecule has 2 rings (SSSR count). The van der Waals surface area contributed by atoms with Crippen LogP contribution in [0.2, 0.25) is 0 Å². The maximum Gasteiger partial charge on any atom is 0.328 e. The molecule has 0 aliphatic rings. The quantitative estimate of drug-likeness (QED) is 0.602. The first-order chi connectivity index (χ1) is 10.9. The summed E-state index contributed by atoms with van der Waals surface area (Å²) in [5, 5.41) is 11.2. The third kappa shape index (κ3) is 4.43. The monoisotopic (exact) mass is 306 g/mol. The SMILES string of the molecule is CC(/C=C/C=C(\C)c1cc2cc(C)ccc2cc1C)=C\C(=O)O. The third-order valence-corrected chi connectivity index (χ3v) is 3.82. The van der Waals surface area contributed by atoms with Crippen molar-refractivity contribution in [1.29, 1.82) is 0 Å². The van der Waals surface area contributed by atoms with E-state index in [-0.39, 0.29) is 0 Å². The van der Waals surface area contributed by atoms with E-state index >= 15 is 0 Å². The summed E-state index contributed by atoms with van der Waals surface area (Å²) < 4.78 is 0. The predicted molar refractivity (Wildman–Crippen MR) is 97.6 cm³/mol. The minimum Gasteiger partial charge on any atom is -0.478 e. The molecule has 0 amide bonds. The summed E-state index contributed by atoms with van der Waals surface area (Å²) in [6.07, 6.45) is 6.91. The molecule has 0 aliphatic heterocycles. The van der Waals surface area contributed by atoms with Crippen LogP contribution >= 0.6 is 0 Å². The molecule has 0 heterocycles. The topological polar surface area (TPSA) is 37.3 Å². The molecule has 0 unspecified atom stereocenters. The van der Waals surface area contributed by atoms with E-state index in [0.717, 1.165) is 5.57 Å². The first-order valence-corrected chi connectivity index (χ1v) is 7.64. The molecule has 0 saturated carbocycles. The lowest BCUT2D eigenvalue weighted by Gasteiger charge is -2.09. The van der Waals surface area contributed by atoms with Crippen molar-refractivity contribution in [2.45, 2.75) is 27.7 Å². The molecule has 23 heavy (non-hydrogen) atoms. The highest BCUT2D eigenvalue weighted by atomic mass is 16.4. The van der Waals surface area contributed by atoms with Gasteiger partial charge in [0.1, 0.15) is 0 Å². The molecule has 0 aliphatic carbocycles. The van der Waals surface area contributed by atoms with E-state index < -0.39 is 5.97 Å². The Kier molecular flexibility index (Phi) is 5.17. The third-order valence-electron chi connectivity index (χ3n) is 3.82. The van der Waals surface area contributed by atoms with Gasteiger partial charge < -0.3 is 5.11 Å². The molecule has 0 atom stereocenters. The number of fused-ring (bicyclic) bond motifs is 1. The molecule has 1 N–H and O–H groups in total. The van der Waals surface area contributed by atoms with Gasteiger partial charge in [-0.1, -0.05) is 48.1 Å². The van der Waals surface area contributed by atoms with Gasteiger partial charge in [-0.2, -0.15) is 0 Å². The lowest BCUT2D eigenvalue weighted by Crippen LogP contribution is -1.88. The number of hydrogen-bond donors (Lipinski definition) is 1. The van der Waals surface area contributed by atoms with Gasteiger partial charge in [0.15, 0.2) is 0 Å². The van der Waals surface area contributed by atoms with Crippen molar-refractivity contribution in [2.75, 3.05) is 0 Å². The van der Waals surface area contributed by atoms with Crippen molar-refractivity contribution in [3.63, 3.8) is 0 Å². The smallest absolute Gasteiger partial charge is 0.328 e. The fourth-order valence-electron chi connectivity index (χ4n) is 2.63. The van der Waals surface area contributed by atoms with E-state index in [0.29, 0.717) is 5.57 Å². The van der Waals surface area contributed by atoms with E-state index in [1.807, 2.05) is 12.2 Å². The second-order valence-corrected chi connectivity index (χ2v) is 5.95. The van der Waals surface area contributed by atoms with Gasteiger partial charge in [0.25, 0.3) is 0 Å². The Balaban J connectivity index is 2.35. The van der Waals surface area contributed by atoms with Crippen molar-refractivity contribution in [3.8, 4) is 0 Å².